The number of allylic oxidation sites excluding steroid dienone is 3. The van der Waals surface area contributed by atoms with Gasteiger partial charge in [0.2, 0.25) is 9.04 Å². The van der Waals surface area contributed by atoms with Crippen molar-refractivity contribution in [2.75, 3.05) is 0 Å². The Balaban J connectivity index is 3.00. The normalized spacial score (nSPS) is 22.4. The third-order valence-corrected chi connectivity index (χ3v) is 3.68. The molecule has 0 aliphatic heterocycles. The van der Waals surface area contributed by atoms with Crippen molar-refractivity contribution >= 4 is 9.04 Å². The SMILES string of the molecule is CC1=CC(C(C)(C)C)C(O[SiH](C)C)=C1C. The molecule has 15 heavy (non-hydrogen) atoms. The van der Waals surface area contributed by atoms with Crippen LogP contribution >= 0.6 is 0 Å². The Morgan fingerprint density at radius 1 is 1.20 bits per heavy atom. The van der Waals surface area contributed by atoms with Crippen molar-refractivity contribution in [2.24, 2.45) is 11.3 Å². The minimum Gasteiger partial charge on any atom is -0.549 e. The highest BCUT2D eigenvalue weighted by atomic mass is 28.3. The minimum atomic E-state index is -0.991. The average molecular weight is 224 g/mol. The van der Waals surface area contributed by atoms with Crippen molar-refractivity contribution in [3.63, 3.8) is 0 Å². The van der Waals surface area contributed by atoms with Crippen molar-refractivity contribution in [3.05, 3.63) is 23.0 Å². The Kier molecular flexibility index (Phi) is 3.49. The van der Waals surface area contributed by atoms with Crippen LogP contribution in [0.25, 0.3) is 0 Å². The monoisotopic (exact) mass is 224 g/mol. The van der Waals surface area contributed by atoms with E-state index in [4.69, 9.17) is 4.43 Å². The molecule has 0 saturated heterocycles. The van der Waals surface area contributed by atoms with Gasteiger partial charge in [-0.1, -0.05) is 26.8 Å². The van der Waals surface area contributed by atoms with E-state index < -0.39 is 9.04 Å². The largest absolute Gasteiger partial charge is 0.549 e. The summed E-state index contributed by atoms with van der Waals surface area (Å²) in [5.74, 6) is 1.70. The first-order valence-corrected chi connectivity index (χ1v) is 8.57. The first kappa shape index (κ1) is 12.6. The van der Waals surface area contributed by atoms with Crippen LogP contribution in [0.2, 0.25) is 13.1 Å². The van der Waals surface area contributed by atoms with E-state index in [-0.39, 0.29) is 5.41 Å². The smallest absolute Gasteiger partial charge is 0.229 e. The van der Waals surface area contributed by atoms with Crippen LogP contribution < -0.4 is 0 Å². The molecule has 0 bridgehead atoms. The van der Waals surface area contributed by atoms with Crippen molar-refractivity contribution in [1.29, 1.82) is 0 Å². The van der Waals surface area contributed by atoms with Gasteiger partial charge in [-0.05, 0) is 43.5 Å². The molecule has 0 heterocycles. The van der Waals surface area contributed by atoms with E-state index in [2.05, 4.69) is 53.8 Å². The predicted octanol–water partition coefficient (Wildman–Crippen LogP) is 3.88. The van der Waals surface area contributed by atoms with Crippen LogP contribution in [-0.4, -0.2) is 9.04 Å². The summed E-state index contributed by atoms with van der Waals surface area (Å²) in [5, 5.41) is 0. The molecule has 0 saturated carbocycles. The fourth-order valence-corrected chi connectivity index (χ4v) is 2.77. The van der Waals surface area contributed by atoms with Gasteiger partial charge in [-0.2, -0.15) is 0 Å². The molecule has 0 aromatic heterocycles. The lowest BCUT2D eigenvalue weighted by Crippen LogP contribution is -2.23. The second-order valence-corrected chi connectivity index (χ2v) is 8.18. The average Bonchev–Trinajstić information content (AvgIpc) is 2.30. The van der Waals surface area contributed by atoms with Crippen molar-refractivity contribution in [2.45, 2.75) is 47.7 Å². The zero-order valence-electron chi connectivity index (χ0n) is 11.1. The molecule has 86 valence electrons. The van der Waals surface area contributed by atoms with Gasteiger partial charge in [0.15, 0.2) is 0 Å². The summed E-state index contributed by atoms with van der Waals surface area (Å²) >= 11 is 0. The van der Waals surface area contributed by atoms with Crippen molar-refractivity contribution < 1.29 is 4.43 Å². The van der Waals surface area contributed by atoms with Crippen LogP contribution in [0.15, 0.2) is 23.0 Å². The Labute approximate surface area is 95.9 Å². The maximum atomic E-state index is 6.10. The molecule has 0 fully saturated rings. The van der Waals surface area contributed by atoms with Gasteiger partial charge in [-0.15, -0.1) is 0 Å². The number of hydrogen-bond donors (Lipinski definition) is 0. The molecule has 1 aliphatic rings. The summed E-state index contributed by atoms with van der Waals surface area (Å²) in [6.07, 6.45) is 2.36. The fraction of sp³-hybridized carbons (Fsp3) is 0.692. The Hall–Kier alpha value is -0.503. The van der Waals surface area contributed by atoms with Gasteiger partial charge in [-0.3, -0.25) is 0 Å². The number of rotatable bonds is 2. The lowest BCUT2D eigenvalue weighted by atomic mass is 9.80. The standard InChI is InChI=1S/C13H24OSi/c1-9-8-11(13(3,4)5)12(10(9)2)14-15(6)7/h8,11,15H,1-7H3. The van der Waals surface area contributed by atoms with Crippen molar-refractivity contribution in [1.82, 2.24) is 0 Å². The van der Waals surface area contributed by atoms with Crippen LogP contribution in [0, 0.1) is 11.3 Å². The van der Waals surface area contributed by atoms with Crippen LogP contribution in [0.1, 0.15) is 34.6 Å². The molecule has 1 rings (SSSR count). The molecule has 0 aromatic rings. The summed E-state index contributed by atoms with van der Waals surface area (Å²) in [5.41, 5.74) is 3.01. The number of hydrogen-bond acceptors (Lipinski definition) is 1. The molecule has 2 heteroatoms. The maximum Gasteiger partial charge on any atom is 0.229 e. The minimum absolute atomic E-state index is 0.262. The lowest BCUT2D eigenvalue weighted by Gasteiger charge is -2.29. The molecule has 0 N–H and O–H groups in total. The van der Waals surface area contributed by atoms with Gasteiger partial charge in [0.25, 0.3) is 0 Å². The molecule has 1 aliphatic carbocycles. The van der Waals surface area contributed by atoms with E-state index in [0.29, 0.717) is 5.92 Å². The molecule has 1 unspecified atom stereocenters. The maximum absolute atomic E-state index is 6.10. The molecular formula is C13H24OSi. The molecule has 1 nitrogen and oxygen atoms in total. The van der Waals surface area contributed by atoms with E-state index in [9.17, 15) is 0 Å². The summed E-state index contributed by atoms with van der Waals surface area (Å²) < 4.78 is 6.10. The van der Waals surface area contributed by atoms with Crippen LogP contribution in [-0.2, 0) is 4.43 Å². The van der Waals surface area contributed by atoms with Gasteiger partial charge in [-0.25, -0.2) is 0 Å². The third-order valence-electron chi connectivity index (χ3n) is 2.96. The predicted molar refractivity (Wildman–Crippen MR) is 69.4 cm³/mol. The molecule has 0 spiro atoms. The highest BCUT2D eigenvalue weighted by Crippen LogP contribution is 2.42. The molecular weight excluding hydrogens is 200 g/mol. The van der Waals surface area contributed by atoms with E-state index in [1.165, 1.54) is 16.9 Å². The van der Waals surface area contributed by atoms with Gasteiger partial charge < -0.3 is 4.43 Å². The summed E-state index contributed by atoms with van der Waals surface area (Å²) in [6.45, 7) is 15.7. The second kappa shape index (κ2) is 4.16. The third kappa shape index (κ3) is 2.74. The van der Waals surface area contributed by atoms with E-state index in [0.717, 1.165) is 0 Å². The zero-order chi connectivity index (χ0) is 11.8. The summed E-state index contributed by atoms with van der Waals surface area (Å²) in [4.78, 5) is 0. The van der Waals surface area contributed by atoms with Gasteiger partial charge in [0, 0.05) is 5.92 Å². The summed E-state index contributed by atoms with van der Waals surface area (Å²) in [7, 11) is -0.991. The molecule has 1 atom stereocenters. The highest BCUT2D eigenvalue weighted by molar-refractivity contribution is 6.48. The van der Waals surface area contributed by atoms with Crippen LogP contribution in [0.5, 0.6) is 0 Å². The van der Waals surface area contributed by atoms with Crippen LogP contribution in [0.4, 0.5) is 0 Å². The van der Waals surface area contributed by atoms with E-state index in [1.54, 1.807) is 0 Å². The Morgan fingerprint density at radius 3 is 2.13 bits per heavy atom. The topological polar surface area (TPSA) is 9.23 Å². The lowest BCUT2D eigenvalue weighted by molar-refractivity contribution is 0.256. The first-order valence-electron chi connectivity index (χ1n) is 5.79. The van der Waals surface area contributed by atoms with Crippen molar-refractivity contribution in [3.8, 4) is 0 Å². The van der Waals surface area contributed by atoms with Gasteiger partial charge in [0.05, 0.1) is 5.76 Å². The molecule has 0 amide bonds. The molecule has 0 aromatic carbocycles. The second-order valence-electron chi connectivity index (χ2n) is 5.85. The van der Waals surface area contributed by atoms with Gasteiger partial charge in [0.1, 0.15) is 0 Å². The highest BCUT2D eigenvalue weighted by Gasteiger charge is 2.33. The fourth-order valence-electron chi connectivity index (χ4n) is 1.94. The Bertz CT molecular complexity index is 305. The quantitative estimate of drug-likeness (QED) is 0.647. The summed E-state index contributed by atoms with van der Waals surface area (Å²) in [6, 6.07) is 0. The van der Waals surface area contributed by atoms with Crippen LogP contribution in [0.3, 0.4) is 0 Å². The molecule has 0 radical (unpaired) electrons. The van der Waals surface area contributed by atoms with E-state index >= 15 is 0 Å². The first-order chi connectivity index (χ1) is 6.73. The zero-order valence-corrected chi connectivity index (χ0v) is 12.3. The van der Waals surface area contributed by atoms with Gasteiger partial charge >= 0.3 is 0 Å². The Morgan fingerprint density at radius 2 is 1.73 bits per heavy atom. The van der Waals surface area contributed by atoms with E-state index in [1.807, 2.05) is 0 Å².